The van der Waals surface area contributed by atoms with E-state index in [4.69, 9.17) is 22.1 Å². The monoisotopic (exact) mass is 302 g/mol. The van der Waals surface area contributed by atoms with Crippen LogP contribution in [-0.2, 0) is 10.3 Å². The summed E-state index contributed by atoms with van der Waals surface area (Å²) in [6.45, 7) is 1.86. The second kappa shape index (κ2) is 4.67. The molecule has 0 aromatic heterocycles. The summed E-state index contributed by atoms with van der Waals surface area (Å²) < 4.78 is 5.68. The Bertz CT molecular complexity index is 715. The average Bonchev–Trinajstić information content (AvgIpc) is 2.45. The molecule has 0 saturated carbocycles. The third-order valence-corrected chi connectivity index (χ3v) is 4.11. The Balaban J connectivity index is 2.23. The number of amides is 1. The van der Waals surface area contributed by atoms with Crippen molar-refractivity contribution in [3.8, 4) is 0 Å². The van der Waals surface area contributed by atoms with Crippen molar-refractivity contribution in [3.63, 3.8) is 0 Å². The zero-order valence-electron chi connectivity index (χ0n) is 11.8. The molecule has 5 heteroatoms. The maximum absolute atomic E-state index is 12.1. The molecule has 0 bridgehead atoms. The van der Waals surface area contributed by atoms with Crippen LogP contribution in [0.3, 0.4) is 0 Å². The number of benzene rings is 2. The number of fused-ring (bicyclic) bond motifs is 1. The number of anilines is 2. The van der Waals surface area contributed by atoms with E-state index in [1.54, 1.807) is 25.2 Å². The second-order valence-electron chi connectivity index (χ2n) is 5.24. The Morgan fingerprint density at radius 1 is 1.19 bits per heavy atom. The number of carbonyl (C=O) groups excluding carboxylic acids is 1. The number of rotatable bonds is 1. The van der Waals surface area contributed by atoms with Crippen molar-refractivity contribution in [3.05, 3.63) is 58.6 Å². The number of ether oxygens (including phenoxy) is 1. The topological polar surface area (TPSA) is 55.6 Å². The number of nitrogens with zero attached hydrogens (tertiary/aromatic N) is 1. The lowest BCUT2D eigenvalue weighted by molar-refractivity contribution is 0.0524. The molecular weight excluding hydrogens is 288 g/mol. The first kappa shape index (κ1) is 13.8. The molecular formula is C16H15ClN2O2. The Hall–Kier alpha value is -2.20. The number of nitrogen functional groups attached to an aromatic ring is 1. The lowest BCUT2D eigenvalue weighted by atomic mass is 9.85. The van der Waals surface area contributed by atoms with E-state index < -0.39 is 11.7 Å². The molecule has 1 amide bonds. The number of hydrogen-bond donors (Lipinski definition) is 1. The third kappa shape index (κ3) is 2.12. The minimum Gasteiger partial charge on any atom is -0.433 e. The van der Waals surface area contributed by atoms with E-state index in [9.17, 15) is 4.79 Å². The third-order valence-electron chi connectivity index (χ3n) is 3.86. The van der Waals surface area contributed by atoms with Gasteiger partial charge in [0.15, 0.2) is 5.60 Å². The van der Waals surface area contributed by atoms with Crippen molar-refractivity contribution >= 4 is 29.1 Å². The molecule has 1 heterocycles. The van der Waals surface area contributed by atoms with Crippen LogP contribution < -0.4 is 10.6 Å². The molecule has 0 radical (unpaired) electrons. The highest BCUT2D eigenvalue weighted by Crippen LogP contribution is 2.43. The lowest BCUT2D eigenvalue weighted by Gasteiger charge is -2.39. The van der Waals surface area contributed by atoms with E-state index in [2.05, 4.69) is 0 Å². The fourth-order valence-corrected chi connectivity index (χ4v) is 2.73. The molecule has 4 nitrogen and oxygen atoms in total. The smallest absolute Gasteiger partial charge is 0.415 e. The van der Waals surface area contributed by atoms with Crippen LogP contribution >= 0.6 is 11.6 Å². The van der Waals surface area contributed by atoms with Gasteiger partial charge < -0.3 is 10.5 Å². The van der Waals surface area contributed by atoms with Gasteiger partial charge in [0.25, 0.3) is 0 Å². The predicted octanol–water partition coefficient (Wildman–Crippen LogP) is 3.77. The molecule has 2 aromatic rings. The summed E-state index contributed by atoms with van der Waals surface area (Å²) in [6, 6.07) is 12.7. The molecule has 1 unspecified atom stereocenters. The normalized spacial score (nSPS) is 20.9. The number of hydrogen-bond acceptors (Lipinski definition) is 3. The van der Waals surface area contributed by atoms with Gasteiger partial charge in [-0.2, -0.15) is 0 Å². The van der Waals surface area contributed by atoms with Gasteiger partial charge in [-0.3, -0.25) is 4.90 Å². The van der Waals surface area contributed by atoms with Crippen LogP contribution in [0.2, 0.25) is 5.02 Å². The minimum atomic E-state index is -0.890. The largest absolute Gasteiger partial charge is 0.433 e. The predicted molar refractivity (Wildman–Crippen MR) is 83.6 cm³/mol. The summed E-state index contributed by atoms with van der Waals surface area (Å²) in [5, 5.41) is 0.634. The maximum atomic E-state index is 12.1. The van der Waals surface area contributed by atoms with Gasteiger partial charge in [-0.05, 0) is 37.3 Å². The summed E-state index contributed by atoms with van der Waals surface area (Å²) in [5.74, 6) is 0. The Labute approximate surface area is 128 Å². The molecule has 21 heavy (non-hydrogen) atoms. The van der Waals surface area contributed by atoms with Crippen molar-refractivity contribution in [2.45, 2.75) is 12.5 Å². The molecule has 0 aliphatic carbocycles. The van der Waals surface area contributed by atoms with E-state index >= 15 is 0 Å². The van der Waals surface area contributed by atoms with Crippen molar-refractivity contribution in [2.24, 2.45) is 0 Å². The summed E-state index contributed by atoms with van der Waals surface area (Å²) in [4.78, 5) is 13.6. The fourth-order valence-electron chi connectivity index (χ4n) is 2.61. The Kier molecular flexibility index (Phi) is 3.06. The average molecular weight is 303 g/mol. The van der Waals surface area contributed by atoms with Crippen LogP contribution in [0.15, 0.2) is 42.5 Å². The standard InChI is InChI=1S/C16H15ClN2O2/c1-16(10-3-5-11(17)6-4-10)13-9-12(18)7-8-14(13)19(2)15(20)21-16/h3-9H,18H2,1-2H3. The van der Waals surface area contributed by atoms with Gasteiger partial charge in [0.05, 0.1) is 5.69 Å². The van der Waals surface area contributed by atoms with Crippen LogP contribution in [0.1, 0.15) is 18.1 Å². The van der Waals surface area contributed by atoms with Crippen LogP contribution in [0.5, 0.6) is 0 Å². The highest BCUT2D eigenvalue weighted by molar-refractivity contribution is 6.30. The van der Waals surface area contributed by atoms with Crippen molar-refractivity contribution in [1.29, 1.82) is 0 Å². The molecule has 108 valence electrons. The first-order chi connectivity index (χ1) is 9.91. The van der Waals surface area contributed by atoms with Gasteiger partial charge >= 0.3 is 6.09 Å². The summed E-state index contributed by atoms with van der Waals surface area (Å²) in [6.07, 6.45) is -0.398. The number of carbonyl (C=O) groups is 1. The summed E-state index contributed by atoms with van der Waals surface area (Å²) in [5.41, 5.74) is 8.13. The summed E-state index contributed by atoms with van der Waals surface area (Å²) in [7, 11) is 1.68. The first-order valence-electron chi connectivity index (χ1n) is 6.54. The molecule has 0 fully saturated rings. The molecule has 1 aliphatic heterocycles. The summed E-state index contributed by atoms with van der Waals surface area (Å²) >= 11 is 5.94. The number of halogens is 1. The lowest BCUT2D eigenvalue weighted by Crippen LogP contribution is -2.43. The molecule has 2 N–H and O–H groups in total. The zero-order chi connectivity index (χ0) is 15.2. The van der Waals surface area contributed by atoms with E-state index in [0.717, 1.165) is 16.8 Å². The highest BCUT2D eigenvalue weighted by atomic mass is 35.5. The fraction of sp³-hybridized carbons (Fsp3) is 0.188. The number of cyclic esters (lactones) is 1. The van der Waals surface area contributed by atoms with Crippen molar-refractivity contribution in [1.82, 2.24) is 0 Å². The van der Waals surface area contributed by atoms with Gasteiger partial charge in [0, 0.05) is 28.9 Å². The minimum absolute atomic E-state index is 0.398. The Morgan fingerprint density at radius 3 is 2.52 bits per heavy atom. The quantitative estimate of drug-likeness (QED) is 0.816. The van der Waals surface area contributed by atoms with Gasteiger partial charge in [0.1, 0.15) is 0 Å². The van der Waals surface area contributed by atoms with E-state index in [-0.39, 0.29) is 0 Å². The van der Waals surface area contributed by atoms with Crippen LogP contribution in [0, 0.1) is 0 Å². The molecule has 0 spiro atoms. The molecule has 3 rings (SSSR count). The van der Waals surface area contributed by atoms with Crippen LogP contribution in [0.4, 0.5) is 16.2 Å². The van der Waals surface area contributed by atoms with Crippen molar-refractivity contribution in [2.75, 3.05) is 17.7 Å². The van der Waals surface area contributed by atoms with Crippen LogP contribution in [-0.4, -0.2) is 13.1 Å². The second-order valence-corrected chi connectivity index (χ2v) is 5.68. The maximum Gasteiger partial charge on any atom is 0.415 e. The molecule has 2 aromatic carbocycles. The van der Waals surface area contributed by atoms with Crippen molar-refractivity contribution < 1.29 is 9.53 Å². The van der Waals surface area contributed by atoms with Gasteiger partial charge in [-0.15, -0.1) is 0 Å². The number of nitrogens with two attached hydrogens (primary N) is 1. The van der Waals surface area contributed by atoms with E-state index in [1.165, 1.54) is 4.90 Å². The van der Waals surface area contributed by atoms with Crippen LogP contribution in [0.25, 0.3) is 0 Å². The van der Waals surface area contributed by atoms with E-state index in [1.807, 2.05) is 31.2 Å². The van der Waals surface area contributed by atoms with Gasteiger partial charge in [-0.1, -0.05) is 23.7 Å². The first-order valence-corrected chi connectivity index (χ1v) is 6.92. The van der Waals surface area contributed by atoms with Gasteiger partial charge in [0.2, 0.25) is 0 Å². The molecule has 1 aliphatic rings. The molecule has 1 atom stereocenters. The SMILES string of the molecule is CN1C(=O)OC(C)(c2ccc(Cl)cc2)c2cc(N)ccc21. The van der Waals surface area contributed by atoms with E-state index in [0.29, 0.717) is 10.7 Å². The molecule has 0 saturated heterocycles. The van der Waals surface area contributed by atoms with Gasteiger partial charge in [-0.25, -0.2) is 4.79 Å². The highest BCUT2D eigenvalue weighted by Gasteiger charge is 2.41. The Morgan fingerprint density at radius 2 is 1.86 bits per heavy atom. The zero-order valence-corrected chi connectivity index (χ0v) is 12.5.